The second-order valence-corrected chi connectivity index (χ2v) is 5.57. The highest BCUT2D eigenvalue weighted by Gasteiger charge is 2.19. The minimum absolute atomic E-state index is 0.106. The van der Waals surface area contributed by atoms with Crippen LogP contribution in [0.15, 0.2) is 0 Å². The summed E-state index contributed by atoms with van der Waals surface area (Å²) in [6.45, 7) is 7.06. The van der Waals surface area contributed by atoms with Crippen molar-refractivity contribution >= 4 is 28.2 Å². The number of nitrogens with one attached hydrogen (secondary N) is 1. The monoisotopic (exact) mass is 284 g/mol. The topological polar surface area (TPSA) is 71.2 Å². The SMILES string of the molecule is CCCC(CC)NC(=O)c1sc(N(C)CC)nc1N. The Morgan fingerprint density at radius 3 is 2.68 bits per heavy atom. The fourth-order valence-corrected chi connectivity index (χ4v) is 2.67. The number of hydrogen-bond donors (Lipinski definition) is 2. The number of carbonyl (C=O) groups is 1. The predicted octanol–water partition coefficient (Wildman–Crippen LogP) is 2.49. The molecule has 0 aromatic carbocycles. The molecule has 0 fully saturated rings. The van der Waals surface area contributed by atoms with Crippen LogP contribution in [0.25, 0.3) is 0 Å². The van der Waals surface area contributed by atoms with Crippen molar-refractivity contribution in [2.24, 2.45) is 0 Å². The highest BCUT2D eigenvalue weighted by atomic mass is 32.1. The van der Waals surface area contributed by atoms with Crippen LogP contribution in [0.3, 0.4) is 0 Å². The number of amides is 1. The number of thiazole rings is 1. The maximum atomic E-state index is 12.2. The molecule has 1 atom stereocenters. The molecular weight excluding hydrogens is 260 g/mol. The Morgan fingerprint density at radius 1 is 1.47 bits per heavy atom. The van der Waals surface area contributed by atoms with Gasteiger partial charge in [-0.05, 0) is 19.8 Å². The van der Waals surface area contributed by atoms with Crippen molar-refractivity contribution in [3.63, 3.8) is 0 Å². The molecule has 1 aromatic rings. The van der Waals surface area contributed by atoms with E-state index < -0.39 is 0 Å². The summed E-state index contributed by atoms with van der Waals surface area (Å²) in [7, 11) is 1.94. The van der Waals surface area contributed by atoms with E-state index in [-0.39, 0.29) is 11.9 Å². The second kappa shape index (κ2) is 7.33. The molecule has 0 aliphatic rings. The number of anilines is 2. The Kier molecular flexibility index (Phi) is 6.08. The minimum Gasteiger partial charge on any atom is -0.382 e. The van der Waals surface area contributed by atoms with E-state index in [4.69, 9.17) is 5.73 Å². The highest BCUT2D eigenvalue weighted by Crippen LogP contribution is 2.27. The molecule has 0 aliphatic heterocycles. The number of nitrogens with two attached hydrogens (primary N) is 1. The zero-order chi connectivity index (χ0) is 14.4. The molecule has 1 unspecified atom stereocenters. The molecule has 0 spiro atoms. The Bertz CT molecular complexity index is 419. The number of aromatic nitrogens is 1. The summed E-state index contributed by atoms with van der Waals surface area (Å²) in [6.07, 6.45) is 2.98. The van der Waals surface area contributed by atoms with Crippen LogP contribution in [0, 0.1) is 0 Å². The number of nitrogens with zero attached hydrogens (tertiary/aromatic N) is 2. The van der Waals surface area contributed by atoms with Gasteiger partial charge in [-0.25, -0.2) is 4.98 Å². The summed E-state index contributed by atoms with van der Waals surface area (Å²) in [5, 5.41) is 3.81. The maximum absolute atomic E-state index is 12.2. The van der Waals surface area contributed by atoms with Crippen molar-refractivity contribution in [2.75, 3.05) is 24.2 Å². The summed E-state index contributed by atoms with van der Waals surface area (Å²) < 4.78 is 0. The zero-order valence-corrected chi connectivity index (χ0v) is 13.0. The van der Waals surface area contributed by atoms with Crippen LogP contribution in [0.5, 0.6) is 0 Å². The smallest absolute Gasteiger partial charge is 0.265 e. The molecule has 5 nitrogen and oxygen atoms in total. The van der Waals surface area contributed by atoms with Gasteiger partial charge in [-0.1, -0.05) is 31.6 Å². The first kappa shape index (κ1) is 15.8. The summed E-state index contributed by atoms with van der Waals surface area (Å²) in [6, 6.07) is 0.214. The van der Waals surface area contributed by atoms with Gasteiger partial charge in [0.15, 0.2) is 5.13 Å². The molecule has 0 saturated heterocycles. The Balaban J connectivity index is 2.79. The molecule has 0 bridgehead atoms. The van der Waals surface area contributed by atoms with Gasteiger partial charge in [0, 0.05) is 19.6 Å². The molecular formula is C13H24N4OS. The summed E-state index contributed by atoms with van der Waals surface area (Å²) in [4.78, 5) is 18.9. The van der Waals surface area contributed by atoms with Gasteiger partial charge in [-0.3, -0.25) is 4.79 Å². The molecule has 1 aromatic heterocycles. The van der Waals surface area contributed by atoms with E-state index in [2.05, 4.69) is 24.1 Å². The predicted molar refractivity (Wildman–Crippen MR) is 81.9 cm³/mol. The number of rotatable bonds is 7. The first-order valence-corrected chi connectivity index (χ1v) is 7.63. The van der Waals surface area contributed by atoms with Crippen molar-refractivity contribution in [3.8, 4) is 0 Å². The zero-order valence-electron chi connectivity index (χ0n) is 12.2. The standard InChI is InChI=1S/C13H24N4OS/c1-5-8-9(6-2)15-12(18)10-11(14)16-13(19-10)17(4)7-3/h9H,5-8,14H2,1-4H3,(H,15,18). The third kappa shape index (κ3) is 4.09. The van der Waals surface area contributed by atoms with Crippen LogP contribution in [-0.4, -0.2) is 30.5 Å². The average molecular weight is 284 g/mol. The van der Waals surface area contributed by atoms with E-state index in [9.17, 15) is 4.79 Å². The van der Waals surface area contributed by atoms with Crippen LogP contribution >= 0.6 is 11.3 Å². The van der Waals surface area contributed by atoms with Crippen LogP contribution < -0.4 is 16.0 Å². The van der Waals surface area contributed by atoms with Crippen LogP contribution in [0.1, 0.15) is 49.7 Å². The largest absolute Gasteiger partial charge is 0.382 e. The van der Waals surface area contributed by atoms with Gasteiger partial charge in [-0.2, -0.15) is 0 Å². The van der Waals surface area contributed by atoms with Gasteiger partial charge in [0.05, 0.1) is 0 Å². The van der Waals surface area contributed by atoms with Gasteiger partial charge >= 0.3 is 0 Å². The van der Waals surface area contributed by atoms with E-state index in [1.807, 2.05) is 18.9 Å². The summed E-state index contributed by atoms with van der Waals surface area (Å²) in [5.41, 5.74) is 5.84. The first-order chi connectivity index (χ1) is 9.03. The van der Waals surface area contributed by atoms with E-state index in [0.717, 1.165) is 30.9 Å². The lowest BCUT2D eigenvalue weighted by Gasteiger charge is -2.15. The van der Waals surface area contributed by atoms with Gasteiger partial charge in [0.25, 0.3) is 5.91 Å². The van der Waals surface area contributed by atoms with E-state index >= 15 is 0 Å². The van der Waals surface area contributed by atoms with Gasteiger partial charge in [-0.15, -0.1) is 0 Å². The van der Waals surface area contributed by atoms with Crippen molar-refractivity contribution in [3.05, 3.63) is 4.88 Å². The summed E-state index contributed by atoms with van der Waals surface area (Å²) in [5.74, 6) is 0.218. The third-order valence-corrected chi connectivity index (χ3v) is 4.30. The lowest BCUT2D eigenvalue weighted by atomic mass is 10.1. The molecule has 6 heteroatoms. The Morgan fingerprint density at radius 2 is 2.16 bits per heavy atom. The fraction of sp³-hybridized carbons (Fsp3) is 0.692. The van der Waals surface area contributed by atoms with Gasteiger partial charge in [0.1, 0.15) is 10.7 Å². The van der Waals surface area contributed by atoms with Crippen molar-refractivity contribution in [2.45, 2.75) is 46.1 Å². The maximum Gasteiger partial charge on any atom is 0.265 e. The quantitative estimate of drug-likeness (QED) is 0.807. The molecule has 0 saturated carbocycles. The molecule has 1 amide bonds. The molecule has 1 heterocycles. The van der Waals surface area contributed by atoms with Gasteiger partial charge in [0.2, 0.25) is 0 Å². The molecule has 3 N–H and O–H groups in total. The average Bonchev–Trinajstić information content (AvgIpc) is 2.79. The van der Waals surface area contributed by atoms with Crippen LogP contribution in [0.2, 0.25) is 0 Å². The number of carbonyl (C=O) groups excluding carboxylic acids is 1. The van der Waals surface area contributed by atoms with Gasteiger partial charge < -0.3 is 16.0 Å². The minimum atomic E-state index is -0.106. The first-order valence-electron chi connectivity index (χ1n) is 6.81. The van der Waals surface area contributed by atoms with Crippen molar-refractivity contribution < 1.29 is 4.79 Å². The second-order valence-electron chi connectivity index (χ2n) is 4.59. The Hall–Kier alpha value is -1.30. The van der Waals surface area contributed by atoms with E-state index in [0.29, 0.717) is 10.7 Å². The van der Waals surface area contributed by atoms with Crippen LogP contribution in [0.4, 0.5) is 10.9 Å². The summed E-state index contributed by atoms with van der Waals surface area (Å²) >= 11 is 1.35. The van der Waals surface area contributed by atoms with Crippen LogP contribution in [-0.2, 0) is 0 Å². The van der Waals surface area contributed by atoms with Crippen molar-refractivity contribution in [1.82, 2.24) is 10.3 Å². The van der Waals surface area contributed by atoms with E-state index in [1.165, 1.54) is 11.3 Å². The molecule has 0 aliphatic carbocycles. The molecule has 1 rings (SSSR count). The number of hydrogen-bond acceptors (Lipinski definition) is 5. The van der Waals surface area contributed by atoms with E-state index in [1.54, 1.807) is 0 Å². The molecule has 0 radical (unpaired) electrons. The third-order valence-electron chi connectivity index (χ3n) is 3.11. The Labute approximate surface area is 119 Å². The molecule has 19 heavy (non-hydrogen) atoms. The van der Waals surface area contributed by atoms with Crippen molar-refractivity contribution in [1.29, 1.82) is 0 Å². The normalized spacial score (nSPS) is 12.2. The number of nitrogen functional groups attached to an aromatic ring is 1. The highest BCUT2D eigenvalue weighted by molar-refractivity contribution is 7.18. The lowest BCUT2D eigenvalue weighted by Crippen LogP contribution is -2.34. The fourth-order valence-electron chi connectivity index (χ4n) is 1.76. The lowest BCUT2D eigenvalue weighted by molar-refractivity contribution is 0.0938. The molecule has 108 valence electrons.